The summed E-state index contributed by atoms with van der Waals surface area (Å²) in [5.41, 5.74) is 0. The van der Waals surface area contributed by atoms with Crippen molar-refractivity contribution in [2.75, 3.05) is 6.61 Å². The summed E-state index contributed by atoms with van der Waals surface area (Å²) in [5.74, 6) is 0. The summed E-state index contributed by atoms with van der Waals surface area (Å²) < 4.78 is 23.5. The molecule has 76 valence electrons. The van der Waals surface area contributed by atoms with E-state index in [1.165, 1.54) is 12.3 Å². The van der Waals surface area contributed by atoms with Gasteiger partial charge >= 0.3 is 0 Å². The molecule has 5 nitrogen and oxygen atoms in total. The Morgan fingerprint density at radius 2 is 2.43 bits per heavy atom. The van der Waals surface area contributed by atoms with E-state index in [0.29, 0.717) is 6.61 Å². The number of hydrogen-bond acceptors (Lipinski definition) is 5. The van der Waals surface area contributed by atoms with E-state index in [2.05, 4.69) is 4.83 Å². The third kappa shape index (κ3) is 1.95. The number of hydrazine groups is 1. The van der Waals surface area contributed by atoms with Gasteiger partial charge in [0.15, 0.2) is 0 Å². The van der Waals surface area contributed by atoms with Crippen molar-refractivity contribution in [1.82, 2.24) is 10.0 Å². The predicted octanol–water partition coefficient (Wildman–Crippen LogP) is 0.702. The second-order valence-electron chi connectivity index (χ2n) is 2.53. The molecular formula is C7H8N2O3S2. The number of hydrogen-bond donors (Lipinski definition) is 1. The zero-order chi connectivity index (χ0) is 10.0. The summed E-state index contributed by atoms with van der Waals surface area (Å²) in [5, 5.41) is 2.78. The Balaban J connectivity index is 2.14. The Bertz CT molecular complexity index is 424. The Morgan fingerprint density at radius 3 is 3.00 bits per heavy atom. The van der Waals surface area contributed by atoms with Gasteiger partial charge in [0.25, 0.3) is 10.0 Å². The first-order valence-corrected chi connectivity index (χ1v) is 6.19. The van der Waals surface area contributed by atoms with Crippen LogP contribution in [0.2, 0.25) is 0 Å². The molecule has 14 heavy (non-hydrogen) atoms. The van der Waals surface area contributed by atoms with Crippen molar-refractivity contribution in [3.63, 3.8) is 0 Å². The van der Waals surface area contributed by atoms with Gasteiger partial charge < -0.3 is 0 Å². The molecule has 1 aliphatic heterocycles. The number of rotatable bonds is 3. The van der Waals surface area contributed by atoms with Crippen LogP contribution in [0.1, 0.15) is 0 Å². The SMILES string of the molecule is O=S(=O)(NN1C=CCO1)c1cccs1. The quantitative estimate of drug-likeness (QED) is 0.833. The molecule has 7 heteroatoms. The smallest absolute Gasteiger partial charge is 0.253 e. The predicted molar refractivity (Wildman–Crippen MR) is 51.6 cm³/mol. The van der Waals surface area contributed by atoms with Crippen LogP contribution in [0.5, 0.6) is 0 Å². The molecule has 0 aromatic carbocycles. The highest BCUT2D eigenvalue weighted by atomic mass is 32.2. The molecule has 1 aromatic rings. The summed E-state index contributed by atoms with van der Waals surface area (Å²) in [6, 6.07) is 3.21. The number of hydroxylamine groups is 1. The molecule has 1 N–H and O–H groups in total. The first-order chi connectivity index (χ1) is 6.68. The van der Waals surface area contributed by atoms with E-state index in [1.807, 2.05) is 0 Å². The first-order valence-electron chi connectivity index (χ1n) is 3.83. The van der Waals surface area contributed by atoms with Crippen LogP contribution in [0, 0.1) is 0 Å². The fourth-order valence-corrected chi connectivity index (χ4v) is 2.87. The molecule has 0 amide bonds. The second-order valence-corrected chi connectivity index (χ2v) is 5.37. The lowest BCUT2D eigenvalue weighted by molar-refractivity contribution is -0.109. The van der Waals surface area contributed by atoms with E-state index in [0.717, 1.165) is 16.5 Å². The third-order valence-corrected chi connectivity index (χ3v) is 4.22. The zero-order valence-corrected chi connectivity index (χ0v) is 8.72. The average Bonchev–Trinajstić information content (AvgIpc) is 2.71. The summed E-state index contributed by atoms with van der Waals surface area (Å²) >= 11 is 1.16. The van der Waals surface area contributed by atoms with Crippen LogP contribution in [0.25, 0.3) is 0 Å². The topological polar surface area (TPSA) is 58.6 Å². The lowest BCUT2D eigenvalue weighted by Gasteiger charge is -2.14. The molecule has 1 aromatic heterocycles. The van der Waals surface area contributed by atoms with Gasteiger partial charge in [-0.25, -0.2) is 8.42 Å². The highest BCUT2D eigenvalue weighted by molar-refractivity contribution is 7.91. The monoisotopic (exact) mass is 232 g/mol. The van der Waals surface area contributed by atoms with E-state index in [9.17, 15) is 8.42 Å². The van der Waals surface area contributed by atoms with Crippen molar-refractivity contribution in [2.45, 2.75) is 4.21 Å². The van der Waals surface area contributed by atoms with E-state index in [-0.39, 0.29) is 4.21 Å². The minimum atomic E-state index is -3.48. The molecule has 0 saturated carbocycles. The fraction of sp³-hybridized carbons (Fsp3) is 0.143. The van der Waals surface area contributed by atoms with Crippen molar-refractivity contribution in [2.24, 2.45) is 0 Å². The fourth-order valence-electron chi connectivity index (χ4n) is 0.942. The van der Waals surface area contributed by atoms with E-state index in [4.69, 9.17) is 4.84 Å². The third-order valence-electron chi connectivity index (χ3n) is 1.52. The summed E-state index contributed by atoms with van der Waals surface area (Å²) in [7, 11) is -3.48. The molecule has 0 atom stereocenters. The Morgan fingerprint density at radius 1 is 1.57 bits per heavy atom. The van der Waals surface area contributed by atoms with E-state index < -0.39 is 10.0 Å². The highest BCUT2D eigenvalue weighted by Gasteiger charge is 2.19. The molecular weight excluding hydrogens is 224 g/mol. The standard InChI is InChI=1S/C7H8N2O3S2/c10-14(11,7-3-1-6-13-7)8-9-4-2-5-12-9/h1-4,6,8H,5H2. The average molecular weight is 232 g/mol. The molecule has 0 spiro atoms. The molecule has 0 aliphatic carbocycles. The first kappa shape index (κ1) is 9.66. The molecule has 2 heterocycles. The maximum Gasteiger partial charge on any atom is 0.268 e. The lowest BCUT2D eigenvalue weighted by Crippen LogP contribution is -2.36. The van der Waals surface area contributed by atoms with Crippen molar-refractivity contribution >= 4 is 21.4 Å². The molecule has 0 saturated heterocycles. The minimum Gasteiger partial charge on any atom is -0.253 e. The van der Waals surface area contributed by atoms with Crippen molar-refractivity contribution in [1.29, 1.82) is 0 Å². The van der Waals surface area contributed by atoms with Crippen molar-refractivity contribution in [3.8, 4) is 0 Å². The molecule has 0 fully saturated rings. The van der Waals surface area contributed by atoms with Crippen LogP contribution in [-0.2, 0) is 14.9 Å². The highest BCUT2D eigenvalue weighted by Crippen LogP contribution is 2.16. The van der Waals surface area contributed by atoms with Crippen LogP contribution in [0.4, 0.5) is 0 Å². The van der Waals surface area contributed by atoms with Gasteiger partial charge in [-0.05, 0) is 17.5 Å². The van der Waals surface area contributed by atoms with Gasteiger partial charge in [0.1, 0.15) is 4.21 Å². The van der Waals surface area contributed by atoms with Crippen LogP contribution in [-0.4, -0.2) is 20.2 Å². The molecule has 0 radical (unpaired) electrons. The normalized spacial score (nSPS) is 16.4. The summed E-state index contributed by atoms with van der Waals surface area (Å²) in [6.45, 7) is 0.382. The van der Waals surface area contributed by atoms with E-state index >= 15 is 0 Å². The maximum absolute atomic E-state index is 11.6. The van der Waals surface area contributed by atoms with Crippen LogP contribution in [0.3, 0.4) is 0 Å². The number of nitrogens with one attached hydrogen (secondary N) is 1. The maximum atomic E-state index is 11.6. The van der Waals surface area contributed by atoms with Gasteiger partial charge in [-0.1, -0.05) is 10.9 Å². The summed E-state index contributed by atoms with van der Waals surface area (Å²) in [4.78, 5) is 7.19. The van der Waals surface area contributed by atoms with Gasteiger partial charge in [0.05, 0.1) is 6.61 Å². The lowest BCUT2D eigenvalue weighted by atomic mass is 10.7. The van der Waals surface area contributed by atoms with Gasteiger partial charge in [-0.15, -0.1) is 11.3 Å². The Kier molecular flexibility index (Phi) is 2.55. The minimum absolute atomic E-state index is 0.265. The number of thiophene rings is 1. The number of sulfonamides is 1. The second kappa shape index (κ2) is 3.70. The zero-order valence-electron chi connectivity index (χ0n) is 7.08. The van der Waals surface area contributed by atoms with Crippen molar-refractivity contribution in [3.05, 3.63) is 29.8 Å². The van der Waals surface area contributed by atoms with Crippen LogP contribution < -0.4 is 4.83 Å². The van der Waals surface area contributed by atoms with Gasteiger partial charge in [0.2, 0.25) is 0 Å². The Labute approximate surface area is 85.6 Å². The van der Waals surface area contributed by atoms with Crippen LogP contribution >= 0.6 is 11.3 Å². The van der Waals surface area contributed by atoms with Crippen LogP contribution in [0.15, 0.2) is 34.0 Å². The van der Waals surface area contributed by atoms with E-state index in [1.54, 1.807) is 17.5 Å². The van der Waals surface area contributed by atoms with Gasteiger partial charge in [0, 0.05) is 6.20 Å². The largest absolute Gasteiger partial charge is 0.268 e. The molecule has 0 unspecified atom stereocenters. The van der Waals surface area contributed by atoms with Gasteiger partial charge in [-0.3, -0.25) is 4.84 Å². The van der Waals surface area contributed by atoms with Gasteiger partial charge in [-0.2, -0.15) is 5.17 Å². The van der Waals surface area contributed by atoms with Crippen molar-refractivity contribution < 1.29 is 13.3 Å². The molecule has 0 bridgehead atoms. The molecule has 2 rings (SSSR count). The summed E-state index contributed by atoms with van der Waals surface area (Å²) in [6.07, 6.45) is 3.22. The Hall–Kier alpha value is -0.890. The molecule has 1 aliphatic rings. The number of nitrogens with zero attached hydrogens (tertiary/aromatic N) is 1.